The number of carbonyl (C=O) groups is 1. The summed E-state index contributed by atoms with van der Waals surface area (Å²) < 4.78 is 28.1. The molecule has 1 aliphatic heterocycles. The third-order valence-electron chi connectivity index (χ3n) is 7.17. The molecule has 206 valence electrons. The summed E-state index contributed by atoms with van der Waals surface area (Å²) in [5.74, 6) is 0.234. The maximum atomic E-state index is 12.2. The molecule has 0 spiro atoms. The molecule has 1 aliphatic carbocycles. The molecular weight excluding hydrogens is 488 g/mol. The highest BCUT2D eigenvalue weighted by Gasteiger charge is 2.48. The quantitative estimate of drug-likeness (QED) is 0.238. The normalized spacial score (nSPS) is 27.0. The van der Waals surface area contributed by atoms with Gasteiger partial charge in [-0.2, -0.15) is 0 Å². The number of furan rings is 1. The lowest BCUT2D eigenvalue weighted by Crippen LogP contribution is -2.62. The number of fused-ring (bicyclic) bond motifs is 1. The van der Waals surface area contributed by atoms with Crippen LogP contribution in [0.5, 0.6) is 11.5 Å². The van der Waals surface area contributed by atoms with E-state index in [1.807, 2.05) is 6.07 Å². The van der Waals surface area contributed by atoms with Crippen molar-refractivity contribution < 1.29 is 53.7 Å². The smallest absolute Gasteiger partial charge is 0.306 e. The molecule has 2 heterocycles. The van der Waals surface area contributed by atoms with Gasteiger partial charge >= 0.3 is 5.97 Å². The number of rotatable bonds is 9. The van der Waals surface area contributed by atoms with Crippen molar-refractivity contribution in [3.63, 3.8) is 0 Å². The number of hydrogen-bond acceptors (Lipinski definition) is 11. The number of ether oxygens (including phenoxy) is 4. The summed E-state index contributed by atoms with van der Waals surface area (Å²) in [5.41, 5.74) is 2.02. The fourth-order valence-corrected chi connectivity index (χ4v) is 5.23. The second-order valence-electron chi connectivity index (χ2n) is 9.58. The number of carbonyl (C=O) groups excluding carboxylic acids is 1. The van der Waals surface area contributed by atoms with Crippen LogP contribution in [-0.2, 0) is 20.7 Å². The lowest BCUT2D eigenvalue weighted by Gasteiger charge is -2.41. The van der Waals surface area contributed by atoms with Gasteiger partial charge in [-0.25, -0.2) is 0 Å². The van der Waals surface area contributed by atoms with Crippen LogP contribution < -0.4 is 9.47 Å². The van der Waals surface area contributed by atoms with Gasteiger partial charge in [0.05, 0.1) is 20.0 Å². The highest BCUT2D eigenvalue weighted by molar-refractivity contribution is 5.90. The number of aliphatic hydroxyl groups excluding tert-OH is 4. The summed E-state index contributed by atoms with van der Waals surface area (Å²) >= 11 is 0. The molecule has 5 atom stereocenters. The van der Waals surface area contributed by atoms with Crippen molar-refractivity contribution in [3.8, 4) is 11.5 Å². The van der Waals surface area contributed by atoms with Crippen LogP contribution in [0.4, 0.5) is 0 Å². The van der Waals surface area contributed by atoms with Crippen LogP contribution in [0.15, 0.2) is 16.7 Å². The van der Waals surface area contributed by atoms with Crippen LogP contribution in [0.2, 0.25) is 0 Å². The van der Waals surface area contributed by atoms with E-state index in [0.717, 1.165) is 36.6 Å². The second kappa shape index (κ2) is 12.0. The third kappa shape index (κ3) is 5.71. The minimum atomic E-state index is -2.14. The van der Waals surface area contributed by atoms with Crippen molar-refractivity contribution in [2.45, 2.75) is 94.8 Å². The summed E-state index contributed by atoms with van der Waals surface area (Å²) in [7, 11) is 1.43. The van der Waals surface area contributed by atoms with Gasteiger partial charge < -0.3 is 48.9 Å². The van der Waals surface area contributed by atoms with Crippen molar-refractivity contribution in [2.24, 2.45) is 0 Å². The van der Waals surface area contributed by atoms with Crippen molar-refractivity contribution in [1.82, 2.24) is 0 Å². The average molecular weight is 525 g/mol. The van der Waals surface area contributed by atoms with E-state index in [-0.39, 0.29) is 30.9 Å². The Labute approximate surface area is 214 Å². The fourth-order valence-electron chi connectivity index (χ4n) is 5.23. The number of aryl methyl sites for hydroxylation is 1. The first-order valence-electron chi connectivity index (χ1n) is 12.8. The molecule has 0 unspecified atom stereocenters. The zero-order chi connectivity index (χ0) is 26.7. The van der Waals surface area contributed by atoms with E-state index in [1.165, 1.54) is 13.5 Å². The van der Waals surface area contributed by atoms with Crippen LogP contribution in [0.1, 0.15) is 62.5 Å². The van der Waals surface area contributed by atoms with Gasteiger partial charge in [-0.1, -0.05) is 19.3 Å². The molecule has 37 heavy (non-hydrogen) atoms. The number of esters is 1. The van der Waals surface area contributed by atoms with Gasteiger partial charge in [0, 0.05) is 17.4 Å². The Morgan fingerprint density at radius 1 is 1.08 bits per heavy atom. The van der Waals surface area contributed by atoms with E-state index in [2.05, 4.69) is 0 Å². The molecule has 1 saturated carbocycles. The van der Waals surface area contributed by atoms with Crippen LogP contribution in [-0.4, -0.2) is 82.2 Å². The molecule has 2 fully saturated rings. The highest BCUT2D eigenvalue weighted by Crippen LogP contribution is 2.46. The summed E-state index contributed by atoms with van der Waals surface area (Å²) in [6.45, 7) is 1.96. The molecule has 1 aromatic carbocycles. The Morgan fingerprint density at radius 3 is 2.46 bits per heavy atom. The van der Waals surface area contributed by atoms with E-state index in [0.29, 0.717) is 17.1 Å². The van der Waals surface area contributed by atoms with E-state index in [1.54, 1.807) is 13.2 Å². The molecule has 11 heteroatoms. The summed E-state index contributed by atoms with van der Waals surface area (Å²) in [6.07, 6.45) is -3.11. The molecule has 1 aromatic heterocycles. The van der Waals surface area contributed by atoms with Gasteiger partial charge in [0.25, 0.3) is 0 Å². The monoisotopic (exact) mass is 524 g/mol. The topological polar surface area (TPSA) is 168 Å². The highest BCUT2D eigenvalue weighted by atomic mass is 16.7. The Kier molecular flexibility index (Phi) is 8.94. The Morgan fingerprint density at radius 2 is 1.81 bits per heavy atom. The summed E-state index contributed by atoms with van der Waals surface area (Å²) in [4.78, 5) is 12.2. The van der Waals surface area contributed by atoms with Crippen LogP contribution >= 0.6 is 0 Å². The van der Waals surface area contributed by atoms with Crippen LogP contribution in [0.3, 0.4) is 0 Å². The number of aliphatic hydroxyl groups is 5. The van der Waals surface area contributed by atoms with E-state index < -0.39 is 43.0 Å². The standard InChI is InChI=1S/C26H36O11/c1-3-34-17(27)10-9-14-11-15-16(13-7-5-4-6-8-13)12-35-22(15)24(33-2)21(14)36-26-20(30)18(28)19(29)23(37-26)25(31)32/h11-13,18-20,23,25-26,28-32H,3-10H2,1-2H3/t18-,19-,20+,23-,26+/m0/s1. The van der Waals surface area contributed by atoms with Gasteiger partial charge in [0.1, 0.15) is 24.4 Å². The van der Waals surface area contributed by atoms with Crippen molar-refractivity contribution >= 4 is 16.9 Å². The second-order valence-corrected chi connectivity index (χ2v) is 9.58. The lowest BCUT2D eigenvalue weighted by atomic mass is 9.83. The molecular formula is C26H36O11. The SMILES string of the molecule is CCOC(=O)CCc1cc2c(C3CCCCC3)coc2c(OC)c1O[C@@H]1O[C@H](C(O)O)[C@@H](O)[C@H](O)[C@H]1O. The predicted octanol–water partition coefficient (Wildman–Crippen LogP) is 1.48. The molecule has 2 aliphatic rings. The van der Waals surface area contributed by atoms with Crippen molar-refractivity contribution in [2.75, 3.05) is 13.7 Å². The molecule has 5 N–H and O–H groups in total. The lowest BCUT2D eigenvalue weighted by molar-refractivity contribution is -0.310. The van der Waals surface area contributed by atoms with Crippen molar-refractivity contribution in [3.05, 3.63) is 23.5 Å². The van der Waals surface area contributed by atoms with Gasteiger partial charge in [0.15, 0.2) is 17.6 Å². The Balaban J connectivity index is 1.75. The van der Waals surface area contributed by atoms with Gasteiger partial charge in [-0.15, -0.1) is 0 Å². The van der Waals surface area contributed by atoms with E-state index in [4.69, 9.17) is 23.4 Å². The molecule has 4 rings (SSSR count). The van der Waals surface area contributed by atoms with E-state index in [9.17, 15) is 30.3 Å². The fraction of sp³-hybridized carbons (Fsp3) is 0.654. The zero-order valence-electron chi connectivity index (χ0n) is 21.0. The molecule has 0 amide bonds. The molecule has 2 aromatic rings. The first-order valence-corrected chi connectivity index (χ1v) is 12.8. The van der Waals surface area contributed by atoms with Crippen LogP contribution in [0.25, 0.3) is 11.0 Å². The first kappa shape index (κ1) is 27.6. The number of hydrogen-bond donors (Lipinski definition) is 5. The third-order valence-corrected chi connectivity index (χ3v) is 7.17. The largest absolute Gasteiger partial charge is 0.490 e. The summed E-state index contributed by atoms with van der Waals surface area (Å²) in [6, 6.07) is 1.86. The number of benzene rings is 1. The zero-order valence-corrected chi connectivity index (χ0v) is 21.0. The molecule has 1 saturated heterocycles. The molecule has 0 bridgehead atoms. The maximum absolute atomic E-state index is 12.2. The maximum Gasteiger partial charge on any atom is 0.306 e. The first-order chi connectivity index (χ1) is 17.8. The average Bonchev–Trinajstić information content (AvgIpc) is 3.31. The van der Waals surface area contributed by atoms with Crippen LogP contribution in [0, 0.1) is 0 Å². The van der Waals surface area contributed by atoms with Crippen molar-refractivity contribution in [1.29, 1.82) is 0 Å². The Bertz CT molecular complexity index is 1060. The Hall–Kier alpha value is -2.41. The van der Waals surface area contributed by atoms with Gasteiger partial charge in [0.2, 0.25) is 12.0 Å². The predicted molar refractivity (Wildman–Crippen MR) is 129 cm³/mol. The minimum Gasteiger partial charge on any atom is -0.490 e. The minimum absolute atomic E-state index is 0.0445. The van der Waals surface area contributed by atoms with E-state index >= 15 is 0 Å². The number of methoxy groups -OCH3 is 1. The molecule has 0 radical (unpaired) electrons. The van der Waals surface area contributed by atoms with Gasteiger partial charge in [-0.05, 0) is 43.7 Å². The summed E-state index contributed by atoms with van der Waals surface area (Å²) in [5, 5.41) is 50.9. The van der Waals surface area contributed by atoms with Gasteiger partial charge in [-0.3, -0.25) is 4.79 Å². The molecule has 11 nitrogen and oxygen atoms in total.